The maximum atomic E-state index is 11.7. The molecule has 0 heterocycles. The molecule has 18 heavy (non-hydrogen) atoms. The van der Waals surface area contributed by atoms with Crippen molar-refractivity contribution in [1.82, 2.24) is 5.32 Å². The lowest BCUT2D eigenvalue weighted by atomic mass is 10.2. The first-order chi connectivity index (χ1) is 8.28. The van der Waals surface area contributed by atoms with E-state index in [1.54, 1.807) is 24.3 Å². The Labute approximate surface area is 107 Å². The fraction of sp³-hybridized carbons (Fsp3) is 0.333. The summed E-state index contributed by atoms with van der Waals surface area (Å²) in [5.74, 6) is -0.722. The number of hydrogen-bond donors (Lipinski definition) is 2. The highest BCUT2D eigenvalue weighted by Crippen LogP contribution is 2.05. The Bertz CT molecular complexity index is 438. The van der Waals surface area contributed by atoms with Gasteiger partial charge >= 0.3 is 5.97 Å². The Morgan fingerprint density at radius 3 is 2.28 bits per heavy atom. The van der Waals surface area contributed by atoms with Gasteiger partial charge in [0.05, 0.1) is 0 Å². The Morgan fingerprint density at radius 2 is 1.78 bits per heavy atom. The molecular weight excluding hydrogens is 248 g/mol. The molecule has 0 atom stereocenters. The van der Waals surface area contributed by atoms with Gasteiger partial charge in [-0.1, -0.05) is 0 Å². The van der Waals surface area contributed by atoms with Crippen LogP contribution in [0.4, 0.5) is 5.69 Å². The molecule has 1 aromatic carbocycles. The summed E-state index contributed by atoms with van der Waals surface area (Å²) in [6.45, 7) is 5.61. The predicted octanol–water partition coefficient (Wildman–Crippen LogP) is 1.38. The van der Waals surface area contributed by atoms with Gasteiger partial charge in [-0.2, -0.15) is 0 Å². The largest absolute Gasteiger partial charge is 0.519 e. The van der Waals surface area contributed by atoms with E-state index in [0.717, 1.165) is 0 Å². The van der Waals surface area contributed by atoms with Gasteiger partial charge < -0.3 is 15.5 Å². The highest BCUT2D eigenvalue weighted by atomic mass is 28.4. The molecule has 0 spiro atoms. The second kappa shape index (κ2) is 5.68. The number of anilines is 1. The smallest absolute Gasteiger partial charge is 0.312 e. The minimum Gasteiger partial charge on any atom is -0.519 e. The van der Waals surface area contributed by atoms with Crippen molar-refractivity contribution < 1.29 is 14.0 Å². The second-order valence-electron chi connectivity index (χ2n) is 4.89. The minimum absolute atomic E-state index is 0.118. The van der Waals surface area contributed by atoms with Crippen LogP contribution in [0.3, 0.4) is 0 Å². The van der Waals surface area contributed by atoms with E-state index in [-0.39, 0.29) is 12.5 Å². The predicted molar refractivity (Wildman–Crippen MR) is 72.6 cm³/mol. The summed E-state index contributed by atoms with van der Waals surface area (Å²) in [6.07, 6.45) is 0. The van der Waals surface area contributed by atoms with Crippen LogP contribution in [0.25, 0.3) is 0 Å². The van der Waals surface area contributed by atoms with Crippen molar-refractivity contribution in [2.45, 2.75) is 19.6 Å². The normalized spacial score (nSPS) is 10.8. The second-order valence-corrected chi connectivity index (χ2v) is 9.32. The molecule has 0 saturated carbocycles. The number of hydrogen-bond acceptors (Lipinski definition) is 4. The Hall–Kier alpha value is -1.82. The molecule has 6 heteroatoms. The third kappa shape index (κ3) is 5.01. The number of carbonyl (C=O) groups is 2. The minimum atomic E-state index is -1.90. The molecule has 3 N–H and O–H groups in total. The van der Waals surface area contributed by atoms with Gasteiger partial charge in [0.2, 0.25) is 8.32 Å². The number of nitrogens with one attached hydrogen (secondary N) is 1. The summed E-state index contributed by atoms with van der Waals surface area (Å²) < 4.78 is 5.21. The highest BCUT2D eigenvalue weighted by Gasteiger charge is 2.20. The zero-order valence-electron chi connectivity index (χ0n) is 10.8. The van der Waals surface area contributed by atoms with Gasteiger partial charge in [-0.15, -0.1) is 0 Å². The monoisotopic (exact) mass is 266 g/mol. The lowest BCUT2D eigenvalue weighted by Crippen LogP contribution is -2.36. The van der Waals surface area contributed by atoms with Crippen molar-refractivity contribution in [3.63, 3.8) is 0 Å². The lowest BCUT2D eigenvalue weighted by molar-refractivity contribution is -0.133. The van der Waals surface area contributed by atoms with Crippen LogP contribution in [-0.2, 0) is 9.22 Å². The van der Waals surface area contributed by atoms with Crippen molar-refractivity contribution in [3.05, 3.63) is 29.8 Å². The van der Waals surface area contributed by atoms with Gasteiger partial charge in [-0.3, -0.25) is 9.59 Å². The van der Waals surface area contributed by atoms with E-state index < -0.39 is 14.3 Å². The molecule has 98 valence electrons. The Kier molecular flexibility index (Phi) is 4.49. The van der Waals surface area contributed by atoms with Gasteiger partial charge in [-0.25, -0.2) is 0 Å². The average molecular weight is 266 g/mol. The third-order valence-electron chi connectivity index (χ3n) is 1.99. The number of benzene rings is 1. The van der Waals surface area contributed by atoms with Crippen molar-refractivity contribution in [2.24, 2.45) is 0 Å². The first-order valence-electron chi connectivity index (χ1n) is 5.63. The summed E-state index contributed by atoms with van der Waals surface area (Å²) in [6, 6.07) is 6.48. The number of amides is 1. The van der Waals surface area contributed by atoms with E-state index >= 15 is 0 Å². The Balaban J connectivity index is 2.47. The molecule has 1 amide bonds. The number of nitrogen functional groups attached to an aromatic ring is 1. The first kappa shape index (κ1) is 14.2. The van der Waals surface area contributed by atoms with Crippen LogP contribution >= 0.6 is 0 Å². The quantitative estimate of drug-likeness (QED) is 0.637. The molecule has 0 aliphatic heterocycles. The van der Waals surface area contributed by atoms with E-state index in [4.69, 9.17) is 10.2 Å². The van der Waals surface area contributed by atoms with E-state index in [1.165, 1.54) is 0 Å². The van der Waals surface area contributed by atoms with Crippen molar-refractivity contribution in [2.75, 3.05) is 12.3 Å². The lowest BCUT2D eigenvalue weighted by Gasteiger charge is -2.17. The summed E-state index contributed by atoms with van der Waals surface area (Å²) in [5.41, 5.74) is 6.57. The molecule has 0 aliphatic rings. The fourth-order valence-corrected chi connectivity index (χ4v) is 2.02. The zero-order valence-corrected chi connectivity index (χ0v) is 11.8. The number of nitrogens with two attached hydrogens (primary N) is 1. The summed E-state index contributed by atoms with van der Waals surface area (Å²) in [4.78, 5) is 23.1. The average Bonchev–Trinajstić information content (AvgIpc) is 2.24. The van der Waals surface area contributed by atoms with Crippen LogP contribution in [0.15, 0.2) is 24.3 Å². The molecule has 5 nitrogen and oxygen atoms in total. The fourth-order valence-electron chi connectivity index (χ4n) is 1.27. The number of carbonyl (C=O) groups excluding carboxylic acids is 2. The van der Waals surface area contributed by atoms with Gasteiger partial charge in [0, 0.05) is 11.3 Å². The highest BCUT2D eigenvalue weighted by molar-refractivity contribution is 6.71. The third-order valence-corrected chi connectivity index (χ3v) is 2.83. The van der Waals surface area contributed by atoms with Gasteiger partial charge in [0.15, 0.2) is 0 Å². The Morgan fingerprint density at radius 1 is 1.22 bits per heavy atom. The molecule has 0 aliphatic carbocycles. The molecule has 1 aromatic rings. The molecule has 0 fully saturated rings. The molecule has 0 saturated heterocycles. The molecule has 0 bridgehead atoms. The van der Waals surface area contributed by atoms with Gasteiger partial charge in [0.25, 0.3) is 5.91 Å². The SMILES string of the molecule is C[Si](C)(C)OC(=O)CNC(=O)c1ccc(N)cc1. The van der Waals surface area contributed by atoms with Gasteiger partial charge in [-0.05, 0) is 43.9 Å². The number of rotatable bonds is 4. The summed E-state index contributed by atoms with van der Waals surface area (Å²) in [7, 11) is -1.90. The van der Waals surface area contributed by atoms with Crippen molar-refractivity contribution >= 4 is 25.9 Å². The first-order valence-corrected chi connectivity index (χ1v) is 9.04. The van der Waals surface area contributed by atoms with Crippen LogP contribution in [0, 0.1) is 0 Å². The van der Waals surface area contributed by atoms with Crippen LogP contribution < -0.4 is 11.1 Å². The van der Waals surface area contributed by atoms with Crippen LogP contribution in [0.1, 0.15) is 10.4 Å². The molecule has 0 radical (unpaired) electrons. The van der Waals surface area contributed by atoms with E-state index in [9.17, 15) is 9.59 Å². The van der Waals surface area contributed by atoms with E-state index in [0.29, 0.717) is 11.3 Å². The van der Waals surface area contributed by atoms with Crippen LogP contribution in [0.5, 0.6) is 0 Å². The molecule has 1 rings (SSSR count). The van der Waals surface area contributed by atoms with Gasteiger partial charge in [0.1, 0.15) is 6.54 Å². The maximum absolute atomic E-state index is 11.7. The molecule has 0 unspecified atom stereocenters. The maximum Gasteiger partial charge on any atom is 0.312 e. The van der Waals surface area contributed by atoms with Crippen molar-refractivity contribution in [3.8, 4) is 0 Å². The van der Waals surface area contributed by atoms with E-state index in [2.05, 4.69) is 5.32 Å². The van der Waals surface area contributed by atoms with Crippen LogP contribution in [0.2, 0.25) is 19.6 Å². The molecular formula is C12H18N2O3Si. The zero-order chi connectivity index (χ0) is 13.8. The van der Waals surface area contributed by atoms with Crippen LogP contribution in [-0.4, -0.2) is 26.7 Å². The standard InChI is InChI=1S/C12H18N2O3Si/c1-18(2,3)17-11(15)8-14-12(16)9-4-6-10(13)7-5-9/h4-7H,8,13H2,1-3H3,(H,14,16). The van der Waals surface area contributed by atoms with E-state index in [1.807, 2.05) is 19.6 Å². The molecule has 0 aromatic heterocycles. The summed E-state index contributed by atoms with van der Waals surface area (Å²) in [5, 5.41) is 2.51. The van der Waals surface area contributed by atoms with Crippen molar-refractivity contribution in [1.29, 1.82) is 0 Å². The summed E-state index contributed by atoms with van der Waals surface area (Å²) >= 11 is 0. The topological polar surface area (TPSA) is 81.4 Å².